The van der Waals surface area contributed by atoms with Crippen LogP contribution in [0.15, 0.2) is 157 Å². The van der Waals surface area contributed by atoms with Crippen LogP contribution in [-0.2, 0) is 16.2 Å². The molecule has 2 aromatic carbocycles. The number of hydrogen-bond acceptors (Lipinski definition) is 3. The van der Waals surface area contributed by atoms with E-state index in [4.69, 9.17) is 11.0 Å². The number of anilines is 2. The maximum Gasteiger partial charge on any atom is 0.236 e. The number of furan rings is 1. The monoisotopic (exact) mass is 938 g/mol. The third-order valence-electron chi connectivity index (χ3n) is 15.8. The summed E-state index contributed by atoms with van der Waals surface area (Å²) < 4.78 is 7.25. The summed E-state index contributed by atoms with van der Waals surface area (Å²) in [6.07, 6.45) is 30.6. The molecular weight excluding hydrogens is 848 g/mol. The SMILES string of the molecule is C=C/C=C\C(=C\C)c1cc(C(C)C)c(C(C)(C)CC)cc1N1/C=C/C(=C\C=C)N(/C=C/C=C(\C=C)C(C)(C)C)c2c(oc3cc4c(cc23)C(C)(C)CCC4(C)C)[B]/C=C\1CC(C(=C)C(C)CC)C(C)C. The third-order valence-corrected chi connectivity index (χ3v) is 15.8. The lowest BCUT2D eigenvalue weighted by molar-refractivity contribution is 0.332. The van der Waals surface area contributed by atoms with Crippen LogP contribution in [0, 0.1) is 23.2 Å². The Hall–Kier alpha value is -5.22. The second-order valence-corrected chi connectivity index (χ2v) is 23.7. The Morgan fingerprint density at radius 3 is 2.09 bits per heavy atom. The zero-order chi connectivity index (χ0) is 52.1. The Morgan fingerprint density at radius 2 is 1.54 bits per heavy atom. The van der Waals surface area contributed by atoms with E-state index in [9.17, 15) is 0 Å². The van der Waals surface area contributed by atoms with Crippen molar-refractivity contribution in [2.24, 2.45) is 23.2 Å². The van der Waals surface area contributed by atoms with Gasteiger partial charge in [-0.2, -0.15) is 0 Å². The standard InChI is InChI=1S/C66H90BN2O/c1-22-28-31-48(25-4)54-39-53(45(9)10)56(64(16,17)27-6)41-59(54)68-37-33-50(30-23-2)69(36-29-32-49(26-5)63(13,14)15)61-55-40-57-58(66(20,21)35-34-65(57,18)19)42-60(55)70-62(61)67-43-51(68)38-52(44(7)8)47(12)46(11)24-3/h22-23,25-26,28-33,36-37,39-46,52H,1-2,5,12,24,27,34-35,38H2,3-4,6-11,13-21H3/b31-28-,36-29+,37-33+,48-25-,49-32+,50-30+,51-43-. The zero-order valence-electron chi connectivity index (χ0n) is 46.9. The van der Waals surface area contributed by atoms with Gasteiger partial charge in [-0.25, -0.2) is 0 Å². The molecular formula is C66H90BN2O. The molecule has 1 aliphatic carbocycles. The number of rotatable bonds is 17. The van der Waals surface area contributed by atoms with Crippen LogP contribution in [0.2, 0.25) is 0 Å². The molecule has 2 aliphatic rings. The average molecular weight is 938 g/mol. The molecule has 0 saturated heterocycles. The lowest BCUT2D eigenvalue weighted by Gasteiger charge is -2.41. The van der Waals surface area contributed by atoms with E-state index >= 15 is 0 Å². The average Bonchev–Trinajstić information content (AvgIpc) is 3.66. The molecule has 0 spiro atoms. The van der Waals surface area contributed by atoms with Crippen molar-refractivity contribution >= 4 is 40.9 Å². The topological polar surface area (TPSA) is 19.6 Å². The number of fused-ring (bicyclic) bond motifs is 4. The van der Waals surface area contributed by atoms with Crippen LogP contribution >= 0.6 is 0 Å². The molecule has 0 saturated carbocycles. The number of allylic oxidation sites excluding steroid dienone is 14. The van der Waals surface area contributed by atoms with Crippen molar-refractivity contribution < 1.29 is 4.42 Å². The fraction of sp³-hybridized carbons (Fsp3) is 0.455. The van der Waals surface area contributed by atoms with Gasteiger partial charge in [0.25, 0.3) is 0 Å². The van der Waals surface area contributed by atoms with Crippen LogP contribution < -0.4 is 15.5 Å². The van der Waals surface area contributed by atoms with Gasteiger partial charge in [-0.3, -0.25) is 0 Å². The van der Waals surface area contributed by atoms with Crippen LogP contribution in [0.4, 0.5) is 11.4 Å². The number of nitrogens with zero attached hydrogens (tertiary/aromatic N) is 2. The summed E-state index contributed by atoms with van der Waals surface area (Å²) in [7, 11) is 2.25. The van der Waals surface area contributed by atoms with E-state index in [1.807, 2.05) is 18.2 Å². The first-order chi connectivity index (χ1) is 32.8. The van der Waals surface area contributed by atoms with E-state index in [1.54, 1.807) is 0 Å². The van der Waals surface area contributed by atoms with Crippen molar-refractivity contribution in [1.29, 1.82) is 0 Å². The quantitative estimate of drug-likeness (QED) is 0.0764. The molecule has 1 aromatic heterocycles. The molecule has 0 bridgehead atoms. The highest BCUT2D eigenvalue weighted by Gasteiger charge is 2.39. The molecule has 0 amide bonds. The number of hydrogen-bond donors (Lipinski definition) is 0. The number of benzene rings is 2. The van der Waals surface area contributed by atoms with Crippen LogP contribution in [0.1, 0.15) is 184 Å². The van der Waals surface area contributed by atoms with Gasteiger partial charge < -0.3 is 14.2 Å². The van der Waals surface area contributed by atoms with Crippen molar-refractivity contribution in [1.82, 2.24) is 0 Å². The van der Waals surface area contributed by atoms with Gasteiger partial charge in [0.15, 0.2) is 0 Å². The smallest absolute Gasteiger partial charge is 0.236 e. The predicted octanol–water partition coefficient (Wildman–Crippen LogP) is 18.8. The zero-order valence-corrected chi connectivity index (χ0v) is 46.9. The van der Waals surface area contributed by atoms with Crippen LogP contribution in [-0.4, -0.2) is 7.28 Å². The van der Waals surface area contributed by atoms with Crippen molar-refractivity contribution in [3.05, 3.63) is 180 Å². The highest BCUT2D eigenvalue weighted by Crippen LogP contribution is 2.49. The van der Waals surface area contributed by atoms with Crippen molar-refractivity contribution in [2.75, 3.05) is 9.80 Å². The highest BCUT2D eigenvalue weighted by molar-refractivity contribution is 6.60. The molecule has 1 radical (unpaired) electrons. The van der Waals surface area contributed by atoms with Gasteiger partial charge in [0.05, 0.1) is 17.0 Å². The lowest BCUT2D eigenvalue weighted by Crippen LogP contribution is -2.33. The molecule has 1 aliphatic heterocycles. The molecule has 4 heteroatoms. The predicted molar refractivity (Wildman–Crippen MR) is 313 cm³/mol. The van der Waals surface area contributed by atoms with Crippen LogP contribution in [0.3, 0.4) is 0 Å². The molecule has 2 atom stereocenters. The third kappa shape index (κ3) is 11.9. The summed E-state index contributed by atoms with van der Waals surface area (Å²) >= 11 is 0. The van der Waals surface area contributed by atoms with E-state index < -0.39 is 0 Å². The summed E-state index contributed by atoms with van der Waals surface area (Å²) in [5.41, 5.74) is 16.1. The fourth-order valence-electron chi connectivity index (χ4n) is 10.4. The summed E-state index contributed by atoms with van der Waals surface area (Å²) in [5.74, 6) is 3.64. The van der Waals surface area contributed by atoms with Gasteiger partial charge >= 0.3 is 0 Å². The summed E-state index contributed by atoms with van der Waals surface area (Å²) in [4.78, 5) is 4.78. The van der Waals surface area contributed by atoms with Gasteiger partial charge in [0.1, 0.15) is 5.58 Å². The van der Waals surface area contributed by atoms with Crippen molar-refractivity contribution in [3.63, 3.8) is 0 Å². The first-order valence-electron chi connectivity index (χ1n) is 26.4. The first kappa shape index (κ1) is 55.7. The Balaban J connectivity index is 2.02. The molecule has 0 fully saturated rings. The minimum atomic E-state index is -0.0768. The van der Waals surface area contributed by atoms with E-state index in [0.29, 0.717) is 17.8 Å². The molecule has 3 aromatic rings. The first-order valence-corrected chi connectivity index (χ1v) is 26.4. The van der Waals surface area contributed by atoms with Gasteiger partial charge in [0.2, 0.25) is 7.28 Å². The lowest BCUT2D eigenvalue weighted by atomic mass is 9.63. The largest absolute Gasteiger partial charge is 0.469 e. The molecule has 2 unspecified atom stereocenters. The van der Waals surface area contributed by atoms with Crippen molar-refractivity contribution in [3.8, 4) is 0 Å². The second-order valence-electron chi connectivity index (χ2n) is 23.7. The van der Waals surface area contributed by atoms with E-state index in [-0.39, 0.29) is 27.6 Å². The second kappa shape index (κ2) is 22.5. The molecule has 373 valence electrons. The van der Waals surface area contributed by atoms with E-state index in [2.05, 4.69) is 240 Å². The molecule has 5 rings (SSSR count). The Bertz CT molecular complexity index is 2650. The van der Waals surface area contributed by atoms with E-state index in [1.165, 1.54) is 39.1 Å². The van der Waals surface area contributed by atoms with Crippen LogP contribution in [0.5, 0.6) is 0 Å². The van der Waals surface area contributed by atoms with Gasteiger partial charge in [-0.05, 0) is 160 Å². The summed E-state index contributed by atoms with van der Waals surface area (Å²) in [6.45, 7) is 56.9. The highest BCUT2D eigenvalue weighted by atomic mass is 16.3. The molecule has 0 N–H and O–H groups in total. The van der Waals surface area contributed by atoms with Crippen molar-refractivity contribution in [2.45, 2.75) is 172 Å². The maximum absolute atomic E-state index is 7.25. The van der Waals surface area contributed by atoms with Gasteiger partial charge in [0, 0.05) is 34.7 Å². The van der Waals surface area contributed by atoms with Gasteiger partial charge in [-0.1, -0.05) is 191 Å². The minimum Gasteiger partial charge on any atom is -0.469 e. The Kier molecular flexibility index (Phi) is 17.9. The Labute approximate surface area is 428 Å². The normalized spacial score (nSPS) is 19.5. The molecule has 3 nitrogen and oxygen atoms in total. The van der Waals surface area contributed by atoms with Gasteiger partial charge in [-0.15, -0.1) is 0 Å². The Morgan fingerprint density at radius 1 is 0.886 bits per heavy atom. The molecule has 2 heterocycles. The maximum atomic E-state index is 7.25. The summed E-state index contributed by atoms with van der Waals surface area (Å²) in [6, 6.07) is 9.77. The van der Waals surface area contributed by atoms with E-state index in [0.717, 1.165) is 77.0 Å². The minimum absolute atomic E-state index is 0.00961. The molecule has 70 heavy (non-hydrogen) atoms. The fourth-order valence-corrected chi connectivity index (χ4v) is 10.4. The summed E-state index contributed by atoms with van der Waals surface area (Å²) in [5, 5.41) is 1.09. The van der Waals surface area contributed by atoms with Crippen LogP contribution in [0.25, 0.3) is 16.5 Å².